The summed E-state index contributed by atoms with van der Waals surface area (Å²) in [5, 5.41) is 10.8. The topological polar surface area (TPSA) is 80.0 Å². The van der Waals surface area contributed by atoms with Gasteiger partial charge in [-0.2, -0.15) is 0 Å². The highest BCUT2D eigenvalue weighted by molar-refractivity contribution is 9.10. The fraction of sp³-hybridized carbons (Fsp3) is 0.0909. The van der Waals surface area contributed by atoms with Gasteiger partial charge in [-0.05, 0) is 64.5 Å². The van der Waals surface area contributed by atoms with E-state index in [4.69, 9.17) is 20.8 Å². The Kier molecular flexibility index (Phi) is 5.60. The van der Waals surface area contributed by atoms with Crippen molar-refractivity contribution in [2.75, 3.05) is 12.0 Å². The van der Waals surface area contributed by atoms with E-state index in [-0.39, 0.29) is 27.8 Å². The van der Waals surface area contributed by atoms with E-state index in [1.54, 1.807) is 30.3 Å². The molecule has 1 N–H and O–H groups in total. The zero-order valence-electron chi connectivity index (χ0n) is 15.9. The number of carbonyl (C=O) groups excluding carboxylic acids is 2. The number of amides is 1. The van der Waals surface area contributed by atoms with Crippen molar-refractivity contribution >= 4 is 50.7 Å². The maximum Gasteiger partial charge on any atom is 0.300 e. The monoisotopic (exact) mass is 505 g/mol. The number of nitrogens with zero attached hydrogens (tertiary/aromatic N) is 1. The highest BCUT2D eigenvalue weighted by Crippen LogP contribution is 2.43. The highest BCUT2D eigenvalue weighted by Gasteiger charge is 2.48. The Labute approximate surface area is 189 Å². The van der Waals surface area contributed by atoms with Crippen LogP contribution in [0.5, 0.6) is 5.75 Å². The van der Waals surface area contributed by atoms with Crippen molar-refractivity contribution < 1.29 is 28.2 Å². The molecule has 0 saturated carbocycles. The number of hydrogen-bond donors (Lipinski definition) is 1. The fourth-order valence-corrected chi connectivity index (χ4v) is 4.13. The first-order valence-electron chi connectivity index (χ1n) is 8.97. The summed E-state index contributed by atoms with van der Waals surface area (Å²) in [5.41, 5.74) is 0.307. The second-order valence-electron chi connectivity index (χ2n) is 6.63. The van der Waals surface area contributed by atoms with Crippen molar-refractivity contribution in [1.82, 2.24) is 0 Å². The predicted octanol–water partition coefficient (Wildman–Crippen LogP) is 5.47. The Bertz CT molecular complexity index is 1220. The number of methoxy groups -OCH3 is 1. The van der Waals surface area contributed by atoms with Gasteiger partial charge in [0.25, 0.3) is 11.7 Å². The van der Waals surface area contributed by atoms with Gasteiger partial charge < -0.3 is 14.3 Å². The molecule has 158 valence electrons. The summed E-state index contributed by atoms with van der Waals surface area (Å²) in [4.78, 5) is 27.0. The van der Waals surface area contributed by atoms with Crippen LogP contribution in [0.15, 0.2) is 69.3 Å². The minimum atomic E-state index is -1.07. The molecule has 2 heterocycles. The van der Waals surface area contributed by atoms with Gasteiger partial charge in [0.05, 0.1) is 28.4 Å². The predicted molar refractivity (Wildman–Crippen MR) is 116 cm³/mol. The maximum absolute atomic E-state index is 13.7. The first-order chi connectivity index (χ1) is 14.8. The third kappa shape index (κ3) is 3.62. The molecule has 31 heavy (non-hydrogen) atoms. The minimum absolute atomic E-state index is 0.169. The average Bonchev–Trinajstić information content (AvgIpc) is 3.37. The lowest BCUT2D eigenvalue weighted by atomic mass is 9.99. The Morgan fingerprint density at radius 3 is 2.61 bits per heavy atom. The van der Waals surface area contributed by atoms with Gasteiger partial charge in [-0.1, -0.05) is 11.6 Å². The summed E-state index contributed by atoms with van der Waals surface area (Å²) >= 11 is 9.23. The highest BCUT2D eigenvalue weighted by atomic mass is 79.9. The number of aliphatic hydroxyl groups is 1. The number of carbonyl (C=O) groups is 2. The SMILES string of the molecule is COc1ccc(/C(O)=C2/C(=O)C(=O)N(c3ccc(F)c(Cl)c3)C2c2ccco2)cc1Br. The molecule has 1 aliphatic rings. The summed E-state index contributed by atoms with van der Waals surface area (Å²) in [6.07, 6.45) is 1.39. The Hall–Kier alpha value is -3.10. The lowest BCUT2D eigenvalue weighted by Gasteiger charge is -2.23. The van der Waals surface area contributed by atoms with E-state index >= 15 is 0 Å². The van der Waals surface area contributed by atoms with Crippen LogP contribution in [0.3, 0.4) is 0 Å². The normalized spacial score (nSPS) is 17.9. The molecule has 0 spiro atoms. The van der Waals surface area contributed by atoms with Crippen LogP contribution < -0.4 is 9.64 Å². The van der Waals surface area contributed by atoms with Crippen molar-refractivity contribution in [1.29, 1.82) is 0 Å². The smallest absolute Gasteiger partial charge is 0.300 e. The number of hydrogen-bond acceptors (Lipinski definition) is 5. The molecule has 1 unspecified atom stereocenters. The van der Waals surface area contributed by atoms with Crippen LogP contribution in [-0.4, -0.2) is 23.9 Å². The summed E-state index contributed by atoms with van der Waals surface area (Å²) in [7, 11) is 1.50. The zero-order valence-corrected chi connectivity index (χ0v) is 18.3. The fourth-order valence-electron chi connectivity index (χ4n) is 3.42. The van der Waals surface area contributed by atoms with Crippen LogP contribution in [0.4, 0.5) is 10.1 Å². The number of Topliss-reactive ketones (excluding diaryl/α,β-unsaturated/α-hetero) is 1. The van der Waals surface area contributed by atoms with Crippen molar-refractivity contribution in [3.05, 3.63) is 87.0 Å². The molecule has 0 radical (unpaired) electrons. The van der Waals surface area contributed by atoms with Gasteiger partial charge in [0.1, 0.15) is 29.1 Å². The van der Waals surface area contributed by atoms with E-state index in [0.29, 0.717) is 15.8 Å². The van der Waals surface area contributed by atoms with Gasteiger partial charge in [0.15, 0.2) is 0 Å². The number of anilines is 1. The molecule has 0 aliphatic carbocycles. The molecule has 0 bridgehead atoms. The van der Waals surface area contributed by atoms with Gasteiger partial charge in [0, 0.05) is 11.3 Å². The molecule has 1 aromatic heterocycles. The van der Waals surface area contributed by atoms with Crippen molar-refractivity contribution in [2.45, 2.75) is 6.04 Å². The summed E-state index contributed by atoms with van der Waals surface area (Å²) in [5.74, 6) is -2.10. The molecule has 1 aliphatic heterocycles. The first kappa shape index (κ1) is 21.1. The molecule has 1 saturated heterocycles. The quantitative estimate of drug-likeness (QED) is 0.288. The van der Waals surface area contributed by atoms with Crippen LogP contribution in [0.2, 0.25) is 5.02 Å². The molecule has 6 nitrogen and oxygen atoms in total. The zero-order chi connectivity index (χ0) is 22.3. The largest absolute Gasteiger partial charge is 0.507 e. The number of rotatable bonds is 4. The number of furan rings is 1. The minimum Gasteiger partial charge on any atom is -0.507 e. The van der Waals surface area contributed by atoms with Crippen LogP contribution in [0, 0.1) is 5.82 Å². The third-order valence-corrected chi connectivity index (χ3v) is 5.77. The van der Waals surface area contributed by atoms with E-state index in [1.165, 1.54) is 25.5 Å². The number of halogens is 3. The second-order valence-corrected chi connectivity index (χ2v) is 7.89. The summed E-state index contributed by atoms with van der Waals surface area (Å²) in [6, 6.07) is 10.5. The van der Waals surface area contributed by atoms with Crippen LogP contribution in [0.25, 0.3) is 5.76 Å². The van der Waals surface area contributed by atoms with Crippen LogP contribution in [-0.2, 0) is 9.59 Å². The Balaban J connectivity index is 1.91. The van der Waals surface area contributed by atoms with Gasteiger partial charge in [-0.25, -0.2) is 4.39 Å². The first-order valence-corrected chi connectivity index (χ1v) is 10.1. The third-order valence-electron chi connectivity index (χ3n) is 4.86. The van der Waals surface area contributed by atoms with E-state index in [2.05, 4.69) is 15.9 Å². The summed E-state index contributed by atoms with van der Waals surface area (Å²) in [6.45, 7) is 0. The van der Waals surface area contributed by atoms with E-state index in [1.807, 2.05) is 0 Å². The molecule has 9 heteroatoms. The van der Waals surface area contributed by atoms with Gasteiger partial charge in [-0.15, -0.1) is 0 Å². The average molecular weight is 507 g/mol. The van der Waals surface area contributed by atoms with Crippen LogP contribution in [0.1, 0.15) is 17.4 Å². The second kappa shape index (κ2) is 8.20. The molecule has 1 fully saturated rings. The Morgan fingerprint density at radius 2 is 2.00 bits per heavy atom. The molecule has 2 aromatic carbocycles. The van der Waals surface area contributed by atoms with Crippen molar-refractivity contribution in [3.63, 3.8) is 0 Å². The summed E-state index contributed by atoms with van der Waals surface area (Å²) < 4.78 is 24.9. The lowest BCUT2D eigenvalue weighted by molar-refractivity contribution is -0.132. The molecular formula is C22H14BrClFNO5. The maximum atomic E-state index is 13.7. The van der Waals surface area contributed by atoms with Gasteiger partial charge >= 0.3 is 0 Å². The lowest BCUT2D eigenvalue weighted by Crippen LogP contribution is -2.29. The van der Waals surface area contributed by atoms with E-state index in [9.17, 15) is 19.1 Å². The molecule has 1 atom stereocenters. The number of ether oxygens (including phenoxy) is 1. The number of ketones is 1. The van der Waals surface area contributed by atoms with E-state index < -0.39 is 23.5 Å². The standard InChI is InChI=1S/C22H14BrClFNO5/c1-30-16-7-4-11(9-13(16)23)20(27)18-19(17-3-2-8-31-17)26(22(29)21(18)28)12-5-6-15(25)14(24)10-12/h2-10,19,27H,1H3/b20-18-. The number of aliphatic hydroxyl groups excluding tert-OH is 1. The molecule has 3 aromatic rings. The van der Waals surface area contributed by atoms with Crippen LogP contribution >= 0.6 is 27.5 Å². The van der Waals surface area contributed by atoms with Crippen molar-refractivity contribution in [3.8, 4) is 5.75 Å². The van der Waals surface area contributed by atoms with E-state index in [0.717, 1.165) is 11.0 Å². The molecule has 1 amide bonds. The van der Waals surface area contributed by atoms with Gasteiger partial charge in [0.2, 0.25) is 0 Å². The molecular weight excluding hydrogens is 493 g/mol. The Morgan fingerprint density at radius 1 is 1.23 bits per heavy atom. The van der Waals surface area contributed by atoms with Gasteiger partial charge in [-0.3, -0.25) is 14.5 Å². The van der Waals surface area contributed by atoms with Crippen molar-refractivity contribution in [2.24, 2.45) is 0 Å². The molecule has 4 rings (SSSR count). The number of benzene rings is 2.